The van der Waals surface area contributed by atoms with Gasteiger partial charge in [-0.2, -0.15) is 0 Å². The van der Waals surface area contributed by atoms with Crippen LogP contribution >= 0.6 is 0 Å². The molecular formula is C26H26N2O4. The molecule has 0 unspecified atom stereocenters. The summed E-state index contributed by atoms with van der Waals surface area (Å²) in [6.07, 6.45) is 0.910. The van der Waals surface area contributed by atoms with Gasteiger partial charge in [-0.15, -0.1) is 0 Å². The second-order valence-corrected chi connectivity index (χ2v) is 7.66. The lowest BCUT2D eigenvalue weighted by Crippen LogP contribution is -2.43. The molecule has 1 saturated heterocycles. The molecule has 32 heavy (non-hydrogen) atoms. The fraction of sp³-hybridized carbons (Fsp3) is 0.231. The van der Waals surface area contributed by atoms with E-state index < -0.39 is 12.1 Å². The number of benzene rings is 3. The minimum Gasteiger partial charge on any atom is -0.496 e. The molecule has 4 rings (SSSR count). The lowest BCUT2D eigenvalue weighted by molar-refractivity contribution is -0.120. The van der Waals surface area contributed by atoms with Crippen LogP contribution in [0.2, 0.25) is 0 Å². The third kappa shape index (κ3) is 4.91. The molecule has 1 aliphatic rings. The summed E-state index contributed by atoms with van der Waals surface area (Å²) in [5.41, 5.74) is 3.46. The van der Waals surface area contributed by atoms with E-state index in [1.165, 1.54) is 4.90 Å². The Kier molecular flexibility index (Phi) is 6.70. The van der Waals surface area contributed by atoms with E-state index in [4.69, 9.17) is 9.47 Å². The maximum atomic E-state index is 13.0. The summed E-state index contributed by atoms with van der Waals surface area (Å²) in [6.45, 7) is 0.693. The molecule has 0 spiro atoms. The van der Waals surface area contributed by atoms with Gasteiger partial charge in [-0.3, -0.25) is 9.69 Å². The Labute approximate surface area is 187 Å². The van der Waals surface area contributed by atoms with Crippen molar-refractivity contribution in [3.05, 3.63) is 84.4 Å². The highest BCUT2D eigenvalue weighted by molar-refractivity contribution is 5.97. The fourth-order valence-electron chi connectivity index (χ4n) is 3.93. The first-order valence-electron chi connectivity index (χ1n) is 10.7. The zero-order valence-corrected chi connectivity index (χ0v) is 18.0. The van der Waals surface area contributed by atoms with Crippen LogP contribution in [-0.2, 0) is 16.1 Å². The number of hydrogen-bond donors (Lipinski definition) is 1. The van der Waals surface area contributed by atoms with E-state index in [1.807, 2.05) is 78.9 Å². The number of nitrogens with one attached hydrogen (secondary N) is 1. The van der Waals surface area contributed by atoms with Crippen LogP contribution < -0.4 is 10.1 Å². The summed E-state index contributed by atoms with van der Waals surface area (Å²) in [5.74, 6) is 0.551. The molecule has 6 nitrogen and oxygen atoms in total. The molecule has 164 valence electrons. The van der Waals surface area contributed by atoms with Crippen molar-refractivity contribution in [3.63, 3.8) is 0 Å². The number of ether oxygens (including phenoxy) is 2. The Morgan fingerprint density at radius 2 is 1.78 bits per heavy atom. The second-order valence-electron chi connectivity index (χ2n) is 7.66. The van der Waals surface area contributed by atoms with Crippen molar-refractivity contribution in [2.75, 3.05) is 19.0 Å². The SMILES string of the molecule is COc1ccccc1-c1cccc(NC(=O)[C@@H]2CCCN2C(=O)OCc2ccccc2)c1. The average molecular weight is 431 g/mol. The third-order valence-corrected chi connectivity index (χ3v) is 5.54. The van der Waals surface area contributed by atoms with Gasteiger partial charge in [0.25, 0.3) is 0 Å². The predicted octanol–water partition coefficient (Wildman–Crippen LogP) is 5.10. The van der Waals surface area contributed by atoms with E-state index >= 15 is 0 Å². The first-order chi connectivity index (χ1) is 15.7. The monoisotopic (exact) mass is 430 g/mol. The first-order valence-corrected chi connectivity index (χ1v) is 10.7. The van der Waals surface area contributed by atoms with Crippen LogP contribution in [0.25, 0.3) is 11.1 Å². The highest BCUT2D eigenvalue weighted by Crippen LogP contribution is 2.31. The largest absolute Gasteiger partial charge is 0.496 e. The molecule has 0 bridgehead atoms. The van der Waals surface area contributed by atoms with Crippen molar-refractivity contribution in [2.45, 2.75) is 25.5 Å². The number of nitrogens with zero attached hydrogens (tertiary/aromatic N) is 1. The van der Waals surface area contributed by atoms with E-state index in [9.17, 15) is 9.59 Å². The molecule has 0 radical (unpaired) electrons. The number of carbonyl (C=O) groups excluding carboxylic acids is 2. The van der Waals surface area contributed by atoms with Crippen molar-refractivity contribution < 1.29 is 19.1 Å². The molecule has 0 aliphatic carbocycles. The lowest BCUT2D eigenvalue weighted by atomic mass is 10.0. The number of hydrogen-bond acceptors (Lipinski definition) is 4. The maximum Gasteiger partial charge on any atom is 0.410 e. The summed E-state index contributed by atoms with van der Waals surface area (Å²) in [5, 5.41) is 2.96. The van der Waals surface area contributed by atoms with Gasteiger partial charge in [0.05, 0.1) is 7.11 Å². The standard InChI is InChI=1S/C26H26N2O4/c1-31-24-15-6-5-13-22(24)20-11-7-12-21(17-20)27-25(29)23-14-8-16-28(23)26(30)32-18-19-9-3-2-4-10-19/h2-7,9-13,15,17,23H,8,14,16,18H2,1H3,(H,27,29)/t23-/m0/s1. The minimum absolute atomic E-state index is 0.186. The van der Waals surface area contributed by atoms with Crippen molar-refractivity contribution >= 4 is 17.7 Å². The van der Waals surface area contributed by atoms with Gasteiger partial charge in [0.15, 0.2) is 0 Å². The molecule has 0 aromatic heterocycles. The van der Waals surface area contributed by atoms with Crippen molar-refractivity contribution in [1.82, 2.24) is 4.90 Å². The first kappa shape index (κ1) is 21.4. The Morgan fingerprint density at radius 1 is 1.00 bits per heavy atom. The molecule has 0 saturated carbocycles. The Bertz CT molecular complexity index is 1080. The number of amides is 2. The molecule has 1 fully saturated rings. The summed E-state index contributed by atoms with van der Waals surface area (Å²) >= 11 is 0. The molecule has 1 aliphatic heterocycles. The van der Waals surface area contributed by atoms with Crippen LogP contribution in [0, 0.1) is 0 Å². The van der Waals surface area contributed by atoms with Crippen LogP contribution in [0.4, 0.5) is 10.5 Å². The van der Waals surface area contributed by atoms with Gasteiger partial charge in [0, 0.05) is 17.8 Å². The molecule has 3 aromatic rings. The van der Waals surface area contributed by atoms with E-state index in [2.05, 4.69) is 5.32 Å². The number of methoxy groups -OCH3 is 1. The number of carbonyl (C=O) groups is 2. The zero-order chi connectivity index (χ0) is 22.3. The number of likely N-dealkylation sites (tertiary alicyclic amines) is 1. The van der Waals surface area contributed by atoms with Crippen LogP contribution in [-0.4, -0.2) is 36.6 Å². The van der Waals surface area contributed by atoms with Crippen LogP contribution in [0.15, 0.2) is 78.9 Å². The van der Waals surface area contributed by atoms with Crippen molar-refractivity contribution in [2.24, 2.45) is 0 Å². The maximum absolute atomic E-state index is 13.0. The number of anilines is 1. The Balaban J connectivity index is 1.42. The molecule has 3 aromatic carbocycles. The van der Waals surface area contributed by atoms with Gasteiger partial charge in [-0.05, 0) is 42.2 Å². The van der Waals surface area contributed by atoms with Gasteiger partial charge in [0.1, 0.15) is 18.4 Å². The molecule has 2 amide bonds. The normalized spacial score (nSPS) is 15.3. The molecule has 1 heterocycles. The number of rotatable bonds is 6. The van der Waals surface area contributed by atoms with E-state index in [0.29, 0.717) is 18.7 Å². The van der Waals surface area contributed by atoms with E-state index in [-0.39, 0.29) is 12.5 Å². The quantitative estimate of drug-likeness (QED) is 0.591. The highest BCUT2D eigenvalue weighted by atomic mass is 16.6. The molecule has 1 atom stereocenters. The lowest BCUT2D eigenvalue weighted by Gasteiger charge is -2.23. The second kappa shape index (κ2) is 10.0. The minimum atomic E-state index is -0.548. The number of para-hydroxylation sites is 1. The predicted molar refractivity (Wildman–Crippen MR) is 123 cm³/mol. The van der Waals surface area contributed by atoms with Crippen LogP contribution in [0.3, 0.4) is 0 Å². The van der Waals surface area contributed by atoms with Gasteiger partial charge in [-0.25, -0.2) is 4.79 Å². The van der Waals surface area contributed by atoms with E-state index in [0.717, 1.165) is 28.9 Å². The summed E-state index contributed by atoms with van der Waals surface area (Å²) < 4.78 is 10.9. The highest BCUT2D eigenvalue weighted by Gasteiger charge is 2.35. The summed E-state index contributed by atoms with van der Waals surface area (Å²) in [4.78, 5) is 27.1. The zero-order valence-electron chi connectivity index (χ0n) is 18.0. The average Bonchev–Trinajstić information content (AvgIpc) is 3.34. The van der Waals surface area contributed by atoms with Crippen molar-refractivity contribution in [3.8, 4) is 16.9 Å². The van der Waals surface area contributed by atoms with E-state index in [1.54, 1.807) is 7.11 Å². The topological polar surface area (TPSA) is 67.9 Å². The summed E-state index contributed by atoms with van der Waals surface area (Å²) in [6, 6.07) is 24.3. The van der Waals surface area contributed by atoms with Gasteiger partial charge in [0.2, 0.25) is 5.91 Å². The van der Waals surface area contributed by atoms with Crippen molar-refractivity contribution in [1.29, 1.82) is 0 Å². The Morgan fingerprint density at radius 3 is 2.59 bits per heavy atom. The van der Waals surface area contributed by atoms with Crippen LogP contribution in [0.1, 0.15) is 18.4 Å². The van der Waals surface area contributed by atoms with Gasteiger partial charge >= 0.3 is 6.09 Å². The fourth-order valence-corrected chi connectivity index (χ4v) is 3.93. The van der Waals surface area contributed by atoms with Gasteiger partial charge in [-0.1, -0.05) is 60.7 Å². The summed E-state index contributed by atoms with van der Waals surface area (Å²) in [7, 11) is 1.63. The van der Waals surface area contributed by atoms with Gasteiger partial charge < -0.3 is 14.8 Å². The van der Waals surface area contributed by atoms with Crippen LogP contribution in [0.5, 0.6) is 5.75 Å². The third-order valence-electron chi connectivity index (χ3n) is 5.54. The molecular weight excluding hydrogens is 404 g/mol. The smallest absolute Gasteiger partial charge is 0.410 e. The molecule has 6 heteroatoms. The Hall–Kier alpha value is -3.80. The molecule has 1 N–H and O–H groups in total.